The first-order valence-corrected chi connectivity index (χ1v) is 8.17. The van der Waals surface area contributed by atoms with Crippen molar-refractivity contribution >= 4 is 17.5 Å². The molecule has 2 aromatic rings. The molecule has 1 aliphatic carbocycles. The molecule has 1 fully saturated rings. The molecule has 0 unspecified atom stereocenters. The van der Waals surface area contributed by atoms with Crippen LogP contribution in [0.25, 0.3) is 0 Å². The first-order valence-electron chi connectivity index (χ1n) is 8.17. The lowest BCUT2D eigenvalue weighted by Gasteiger charge is -2.16. The first kappa shape index (κ1) is 17.9. The van der Waals surface area contributed by atoms with E-state index in [1.165, 1.54) is 6.07 Å². The number of aromatic nitrogens is 1. The lowest BCUT2D eigenvalue weighted by atomic mass is 10.1. The summed E-state index contributed by atoms with van der Waals surface area (Å²) in [5.74, 6) is -2.92. The van der Waals surface area contributed by atoms with E-state index in [0.29, 0.717) is 0 Å². The van der Waals surface area contributed by atoms with Crippen LogP contribution in [-0.4, -0.2) is 29.9 Å². The molecule has 1 aromatic carbocycles. The molecule has 8 heteroatoms. The Labute approximate surface area is 149 Å². The van der Waals surface area contributed by atoms with Crippen LogP contribution in [0.5, 0.6) is 0 Å². The van der Waals surface area contributed by atoms with E-state index >= 15 is 0 Å². The Morgan fingerprint density at radius 3 is 2.50 bits per heavy atom. The molecule has 1 aliphatic rings. The number of anilines is 1. The number of carbonyl (C=O) groups excluding carboxylic acids is 2. The highest BCUT2D eigenvalue weighted by molar-refractivity contribution is 5.94. The van der Waals surface area contributed by atoms with Crippen LogP contribution in [-0.2, 0) is 15.1 Å². The van der Waals surface area contributed by atoms with Gasteiger partial charge in [-0.25, -0.2) is 8.78 Å². The number of pyridine rings is 1. The van der Waals surface area contributed by atoms with E-state index in [-0.39, 0.29) is 30.2 Å². The molecule has 1 aromatic heterocycles. The second-order valence-corrected chi connectivity index (χ2v) is 6.10. The summed E-state index contributed by atoms with van der Waals surface area (Å²) in [6, 6.07) is 8.67. The van der Waals surface area contributed by atoms with Crippen molar-refractivity contribution in [1.82, 2.24) is 15.6 Å². The van der Waals surface area contributed by atoms with Gasteiger partial charge in [-0.05, 0) is 37.1 Å². The van der Waals surface area contributed by atoms with Gasteiger partial charge in [-0.1, -0.05) is 6.07 Å². The molecule has 136 valence electrons. The van der Waals surface area contributed by atoms with Crippen LogP contribution in [0.4, 0.5) is 14.5 Å². The molecular weight excluding hydrogens is 342 g/mol. The third-order valence-corrected chi connectivity index (χ3v) is 4.14. The zero-order valence-corrected chi connectivity index (χ0v) is 13.9. The quantitative estimate of drug-likeness (QED) is 0.702. The number of nitrogens with zero attached hydrogens (tertiary/aromatic N) is 1. The minimum atomic E-state index is -1.06. The van der Waals surface area contributed by atoms with Gasteiger partial charge in [0.15, 0.2) is 11.6 Å². The fourth-order valence-corrected chi connectivity index (χ4v) is 2.56. The summed E-state index contributed by atoms with van der Waals surface area (Å²) in [5, 5.41) is 8.04. The number of carbonyl (C=O) groups is 2. The van der Waals surface area contributed by atoms with E-state index in [1.54, 1.807) is 6.20 Å². The van der Waals surface area contributed by atoms with Gasteiger partial charge < -0.3 is 10.6 Å². The highest BCUT2D eigenvalue weighted by Gasteiger charge is 2.45. The molecule has 0 radical (unpaired) electrons. The summed E-state index contributed by atoms with van der Waals surface area (Å²) in [5.41, 5.74) is 0.740. The average Bonchev–Trinajstić information content (AvgIpc) is 3.43. The third kappa shape index (κ3) is 4.40. The zero-order chi connectivity index (χ0) is 18.6. The first-order chi connectivity index (χ1) is 12.5. The van der Waals surface area contributed by atoms with E-state index in [2.05, 4.69) is 20.9 Å². The monoisotopic (exact) mass is 360 g/mol. The smallest absolute Gasteiger partial charge is 0.243 e. The highest BCUT2D eigenvalue weighted by atomic mass is 19.2. The Morgan fingerprint density at radius 2 is 1.85 bits per heavy atom. The summed E-state index contributed by atoms with van der Waals surface area (Å²) in [6.45, 7) is -0.217. The number of halogens is 2. The molecule has 1 heterocycles. The Bertz CT molecular complexity index is 810. The molecular formula is C18H18F2N4O2. The molecule has 0 aliphatic heterocycles. The number of hydrogen-bond donors (Lipinski definition) is 3. The number of hydrogen-bond acceptors (Lipinski definition) is 4. The zero-order valence-electron chi connectivity index (χ0n) is 13.9. The maximum absolute atomic E-state index is 13.1. The standard InChI is InChI=1S/C18H18F2N4O2/c19-13-5-4-12(9-14(13)20)24-17(26)10-22-16(25)11-23-18(6-7-18)15-3-1-2-8-21-15/h1-5,8-9,23H,6-7,10-11H2,(H,22,25)(H,24,26). The van der Waals surface area contributed by atoms with Gasteiger partial charge in [0.1, 0.15) is 0 Å². The van der Waals surface area contributed by atoms with E-state index in [9.17, 15) is 18.4 Å². The minimum absolute atomic E-state index is 0.0506. The lowest BCUT2D eigenvalue weighted by Crippen LogP contribution is -2.42. The molecule has 0 bridgehead atoms. The summed E-state index contributed by atoms with van der Waals surface area (Å²) in [4.78, 5) is 28.0. The second kappa shape index (κ2) is 7.57. The SMILES string of the molecule is O=C(CNC1(c2ccccn2)CC1)NCC(=O)Nc1ccc(F)c(F)c1. The number of nitrogens with one attached hydrogen (secondary N) is 3. The summed E-state index contributed by atoms with van der Waals surface area (Å²) in [7, 11) is 0. The van der Waals surface area contributed by atoms with Crippen molar-refractivity contribution < 1.29 is 18.4 Å². The predicted molar refractivity (Wildman–Crippen MR) is 91.1 cm³/mol. The topological polar surface area (TPSA) is 83.1 Å². The molecule has 2 amide bonds. The Kier molecular flexibility index (Phi) is 5.22. The van der Waals surface area contributed by atoms with Gasteiger partial charge in [0, 0.05) is 18.0 Å². The largest absolute Gasteiger partial charge is 0.346 e. The normalized spacial score (nSPS) is 14.5. The number of rotatable bonds is 7. The van der Waals surface area contributed by atoms with Crippen molar-refractivity contribution in [1.29, 1.82) is 0 Å². The average molecular weight is 360 g/mol. The summed E-state index contributed by atoms with van der Waals surface area (Å²) >= 11 is 0. The van der Waals surface area contributed by atoms with Crippen LogP contribution in [0, 0.1) is 11.6 Å². The van der Waals surface area contributed by atoms with E-state index in [0.717, 1.165) is 30.7 Å². The van der Waals surface area contributed by atoms with Gasteiger partial charge in [0.25, 0.3) is 0 Å². The van der Waals surface area contributed by atoms with Crippen LogP contribution in [0.15, 0.2) is 42.6 Å². The van der Waals surface area contributed by atoms with Crippen LogP contribution >= 0.6 is 0 Å². The highest BCUT2D eigenvalue weighted by Crippen LogP contribution is 2.44. The molecule has 3 N–H and O–H groups in total. The van der Waals surface area contributed by atoms with Gasteiger partial charge in [-0.15, -0.1) is 0 Å². The van der Waals surface area contributed by atoms with E-state index < -0.39 is 17.5 Å². The fourth-order valence-electron chi connectivity index (χ4n) is 2.56. The van der Waals surface area contributed by atoms with E-state index in [1.807, 2.05) is 18.2 Å². The fraction of sp³-hybridized carbons (Fsp3) is 0.278. The molecule has 6 nitrogen and oxygen atoms in total. The van der Waals surface area contributed by atoms with Crippen LogP contribution in [0.1, 0.15) is 18.5 Å². The molecule has 0 atom stereocenters. The third-order valence-electron chi connectivity index (χ3n) is 4.14. The Morgan fingerprint density at radius 1 is 1.04 bits per heavy atom. The molecule has 0 saturated heterocycles. The Balaban J connectivity index is 1.43. The molecule has 26 heavy (non-hydrogen) atoms. The van der Waals surface area contributed by atoms with Crippen LogP contribution in [0.2, 0.25) is 0 Å². The van der Waals surface area contributed by atoms with Crippen molar-refractivity contribution in [3.8, 4) is 0 Å². The summed E-state index contributed by atoms with van der Waals surface area (Å²) < 4.78 is 25.9. The molecule has 3 rings (SSSR count). The maximum Gasteiger partial charge on any atom is 0.243 e. The summed E-state index contributed by atoms with van der Waals surface area (Å²) in [6.07, 6.45) is 3.50. The lowest BCUT2D eigenvalue weighted by molar-refractivity contribution is -0.123. The van der Waals surface area contributed by atoms with Crippen molar-refractivity contribution in [2.75, 3.05) is 18.4 Å². The van der Waals surface area contributed by atoms with Gasteiger partial charge >= 0.3 is 0 Å². The van der Waals surface area contributed by atoms with Crippen molar-refractivity contribution in [3.05, 3.63) is 59.9 Å². The molecule has 1 saturated carbocycles. The van der Waals surface area contributed by atoms with Crippen molar-refractivity contribution in [3.63, 3.8) is 0 Å². The van der Waals surface area contributed by atoms with Crippen LogP contribution < -0.4 is 16.0 Å². The van der Waals surface area contributed by atoms with Gasteiger partial charge in [-0.3, -0.25) is 19.9 Å². The van der Waals surface area contributed by atoms with Crippen LogP contribution in [0.3, 0.4) is 0 Å². The number of benzene rings is 1. The van der Waals surface area contributed by atoms with Gasteiger partial charge in [0.2, 0.25) is 11.8 Å². The molecule has 0 spiro atoms. The van der Waals surface area contributed by atoms with Crippen molar-refractivity contribution in [2.45, 2.75) is 18.4 Å². The second-order valence-electron chi connectivity index (χ2n) is 6.10. The van der Waals surface area contributed by atoms with Gasteiger partial charge in [-0.2, -0.15) is 0 Å². The predicted octanol–water partition coefficient (Wildman–Crippen LogP) is 1.69. The van der Waals surface area contributed by atoms with Gasteiger partial charge in [0.05, 0.1) is 24.3 Å². The van der Waals surface area contributed by atoms with Crippen molar-refractivity contribution in [2.24, 2.45) is 0 Å². The minimum Gasteiger partial charge on any atom is -0.346 e. The van der Waals surface area contributed by atoms with E-state index in [4.69, 9.17) is 0 Å². The maximum atomic E-state index is 13.1. The number of amides is 2. The Hall–Kier alpha value is -2.87.